The summed E-state index contributed by atoms with van der Waals surface area (Å²) < 4.78 is 5.05. The highest BCUT2D eigenvalue weighted by molar-refractivity contribution is 5.70. The molecule has 0 fully saturated rings. The molecular weight excluding hydrogens is 232 g/mol. The van der Waals surface area contributed by atoms with E-state index < -0.39 is 17.5 Å². The molecule has 1 unspecified atom stereocenters. The van der Waals surface area contributed by atoms with E-state index in [0.717, 1.165) is 11.3 Å². The number of methoxy groups -OCH3 is 1. The summed E-state index contributed by atoms with van der Waals surface area (Å²) in [5.41, 5.74) is -0.0531. The zero-order valence-corrected chi connectivity index (χ0v) is 11.0. The molecule has 0 aliphatic heterocycles. The summed E-state index contributed by atoms with van der Waals surface area (Å²) in [6.07, 6.45) is 0.637. The van der Waals surface area contributed by atoms with Gasteiger partial charge in [-0.05, 0) is 44.4 Å². The SMILES string of the molecule is COc1ccc(CC(CC(C)(C)O)C(=O)O)cc1. The van der Waals surface area contributed by atoms with E-state index in [1.54, 1.807) is 33.1 Å². The molecule has 0 amide bonds. The average molecular weight is 252 g/mol. The molecule has 4 nitrogen and oxygen atoms in total. The Morgan fingerprint density at radius 3 is 2.28 bits per heavy atom. The first-order valence-corrected chi connectivity index (χ1v) is 5.90. The minimum Gasteiger partial charge on any atom is -0.497 e. The van der Waals surface area contributed by atoms with Crippen LogP contribution < -0.4 is 4.74 Å². The molecule has 0 spiro atoms. The van der Waals surface area contributed by atoms with Crippen LogP contribution in [0, 0.1) is 5.92 Å². The van der Waals surface area contributed by atoms with Gasteiger partial charge in [-0.25, -0.2) is 0 Å². The van der Waals surface area contributed by atoms with Crippen LogP contribution in [0.3, 0.4) is 0 Å². The number of hydrogen-bond donors (Lipinski definition) is 2. The molecule has 0 aliphatic carbocycles. The van der Waals surface area contributed by atoms with Gasteiger partial charge in [-0.3, -0.25) is 4.79 Å². The van der Waals surface area contributed by atoms with Gasteiger partial charge in [0, 0.05) is 0 Å². The normalized spacial score (nSPS) is 13.1. The Morgan fingerprint density at radius 2 is 1.89 bits per heavy atom. The van der Waals surface area contributed by atoms with Crippen molar-refractivity contribution in [1.82, 2.24) is 0 Å². The van der Waals surface area contributed by atoms with E-state index in [1.807, 2.05) is 12.1 Å². The Hall–Kier alpha value is -1.55. The van der Waals surface area contributed by atoms with E-state index >= 15 is 0 Å². The molecule has 1 atom stereocenters. The molecule has 1 rings (SSSR count). The third-order valence-electron chi connectivity index (χ3n) is 2.74. The van der Waals surface area contributed by atoms with E-state index in [0.29, 0.717) is 6.42 Å². The number of carbonyl (C=O) groups is 1. The predicted octanol–water partition coefficient (Wildman–Crippen LogP) is 2.10. The molecule has 0 heterocycles. The molecule has 2 N–H and O–H groups in total. The monoisotopic (exact) mass is 252 g/mol. The molecule has 0 saturated heterocycles. The first-order valence-electron chi connectivity index (χ1n) is 5.90. The Bertz CT molecular complexity index is 389. The highest BCUT2D eigenvalue weighted by Crippen LogP contribution is 2.21. The van der Waals surface area contributed by atoms with Gasteiger partial charge in [-0.2, -0.15) is 0 Å². The fourth-order valence-electron chi connectivity index (χ4n) is 1.90. The molecular formula is C14H20O4. The number of aliphatic hydroxyl groups is 1. The zero-order valence-electron chi connectivity index (χ0n) is 11.0. The van der Waals surface area contributed by atoms with Gasteiger partial charge in [0.2, 0.25) is 0 Å². The highest BCUT2D eigenvalue weighted by atomic mass is 16.5. The molecule has 100 valence electrons. The van der Waals surface area contributed by atoms with Crippen molar-refractivity contribution in [3.63, 3.8) is 0 Å². The standard InChI is InChI=1S/C14H20O4/c1-14(2,17)9-11(13(15)16)8-10-4-6-12(18-3)7-5-10/h4-7,11,17H,8-9H2,1-3H3,(H,15,16). The maximum absolute atomic E-state index is 11.2. The summed E-state index contributed by atoms with van der Waals surface area (Å²) in [7, 11) is 1.59. The van der Waals surface area contributed by atoms with Crippen LogP contribution >= 0.6 is 0 Å². The van der Waals surface area contributed by atoms with Gasteiger partial charge in [0.25, 0.3) is 0 Å². The third kappa shape index (κ3) is 4.75. The van der Waals surface area contributed by atoms with Crippen molar-refractivity contribution >= 4 is 5.97 Å². The first kappa shape index (κ1) is 14.5. The van der Waals surface area contributed by atoms with Crippen molar-refractivity contribution in [3.05, 3.63) is 29.8 Å². The lowest BCUT2D eigenvalue weighted by atomic mass is 9.88. The molecule has 0 aliphatic rings. The van der Waals surface area contributed by atoms with Gasteiger partial charge in [0.15, 0.2) is 0 Å². The van der Waals surface area contributed by atoms with Gasteiger partial charge < -0.3 is 14.9 Å². The van der Waals surface area contributed by atoms with E-state index in [9.17, 15) is 9.90 Å². The average Bonchev–Trinajstić information content (AvgIpc) is 2.27. The van der Waals surface area contributed by atoms with Crippen LogP contribution in [-0.2, 0) is 11.2 Å². The maximum atomic E-state index is 11.2. The second-order valence-corrected chi connectivity index (χ2v) is 5.10. The predicted molar refractivity (Wildman–Crippen MR) is 68.7 cm³/mol. The van der Waals surface area contributed by atoms with Crippen LogP contribution in [0.4, 0.5) is 0 Å². The molecule has 0 saturated carbocycles. The Kier molecular flexibility index (Phi) is 4.73. The molecule has 4 heteroatoms. The number of carboxylic acids is 1. The van der Waals surface area contributed by atoms with E-state index in [-0.39, 0.29) is 6.42 Å². The summed E-state index contributed by atoms with van der Waals surface area (Å²) in [6.45, 7) is 3.24. The van der Waals surface area contributed by atoms with Gasteiger partial charge in [0.05, 0.1) is 18.6 Å². The third-order valence-corrected chi connectivity index (χ3v) is 2.74. The number of hydrogen-bond acceptors (Lipinski definition) is 3. The van der Waals surface area contributed by atoms with E-state index in [1.165, 1.54) is 0 Å². The van der Waals surface area contributed by atoms with Crippen molar-refractivity contribution in [1.29, 1.82) is 0 Å². The Labute approximate surface area is 107 Å². The Balaban J connectivity index is 2.74. The highest BCUT2D eigenvalue weighted by Gasteiger charge is 2.26. The van der Waals surface area contributed by atoms with Crippen molar-refractivity contribution < 1.29 is 19.7 Å². The first-order chi connectivity index (χ1) is 8.31. The van der Waals surface area contributed by atoms with Gasteiger partial charge >= 0.3 is 5.97 Å². The van der Waals surface area contributed by atoms with E-state index in [2.05, 4.69) is 0 Å². The lowest BCUT2D eigenvalue weighted by Crippen LogP contribution is -2.28. The van der Waals surface area contributed by atoms with Gasteiger partial charge in [0.1, 0.15) is 5.75 Å². The van der Waals surface area contributed by atoms with Crippen molar-refractivity contribution in [2.24, 2.45) is 5.92 Å². The van der Waals surface area contributed by atoms with E-state index in [4.69, 9.17) is 9.84 Å². The second kappa shape index (κ2) is 5.87. The quantitative estimate of drug-likeness (QED) is 0.813. The smallest absolute Gasteiger partial charge is 0.306 e. The number of benzene rings is 1. The summed E-state index contributed by atoms with van der Waals surface area (Å²) in [6, 6.07) is 7.30. The zero-order chi connectivity index (χ0) is 13.8. The fraction of sp³-hybridized carbons (Fsp3) is 0.500. The molecule has 0 aromatic heterocycles. The van der Waals surface area contributed by atoms with Crippen LogP contribution in [0.5, 0.6) is 5.75 Å². The second-order valence-electron chi connectivity index (χ2n) is 5.10. The maximum Gasteiger partial charge on any atom is 0.306 e. The van der Waals surface area contributed by atoms with Gasteiger partial charge in [-0.1, -0.05) is 12.1 Å². The van der Waals surface area contributed by atoms with Crippen LogP contribution in [0.2, 0.25) is 0 Å². The summed E-state index contributed by atoms with van der Waals surface area (Å²) in [5.74, 6) is -0.723. The molecule has 0 bridgehead atoms. The van der Waals surface area contributed by atoms with Crippen LogP contribution in [0.25, 0.3) is 0 Å². The van der Waals surface area contributed by atoms with Crippen LogP contribution in [-0.4, -0.2) is 28.9 Å². The van der Waals surface area contributed by atoms with Gasteiger partial charge in [-0.15, -0.1) is 0 Å². The lowest BCUT2D eigenvalue weighted by molar-refractivity contribution is -0.143. The van der Waals surface area contributed by atoms with Crippen molar-refractivity contribution in [2.75, 3.05) is 7.11 Å². The molecule has 0 radical (unpaired) electrons. The minimum atomic E-state index is -0.977. The summed E-state index contributed by atoms with van der Waals surface area (Å²) >= 11 is 0. The number of carboxylic acid groups (broad SMARTS) is 1. The Morgan fingerprint density at radius 1 is 1.33 bits per heavy atom. The largest absolute Gasteiger partial charge is 0.497 e. The number of rotatable bonds is 6. The minimum absolute atomic E-state index is 0.231. The fourth-order valence-corrected chi connectivity index (χ4v) is 1.90. The van der Waals surface area contributed by atoms with Crippen molar-refractivity contribution in [3.8, 4) is 5.75 Å². The van der Waals surface area contributed by atoms with Crippen LogP contribution in [0.1, 0.15) is 25.8 Å². The number of aliphatic carboxylic acids is 1. The molecule has 1 aromatic carbocycles. The number of ether oxygens (including phenoxy) is 1. The molecule has 18 heavy (non-hydrogen) atoms. The summed E-state index contributed by atoms with van der Waals surface area (Å²) in [4.78, 5) is 11.2. The lowest BCUT2D eigenvalue weighted by Gasteiger charge is -2.22. The van der Waals surface area contributed by atoms with Crippen LogP contribution in [0.15, 0.2) is 24.3 Å². The summed E-state index contributed by atoms with van der Waals surface area (Å²) in [5, 5.41) is 18.9. The topological polar surface area (TPSA) is 66.8 Å². The molecule has 1 aromatic rings. The van der Waals surface area contributed by atoms with Crippen molar-refractivity contribution in [2.45, 2.75) is 32.3 Å².